The molecule has 2 aromatic rings. The van der Waals surface area contributed by atoms with Crippen LogP contribution >= 0.6 is 0 Å². The quantitative estimate of drug-likeness (QED) is 0.796. The topological polar surface area (TPSA) is 44.8 Å². The van der Waals surface area contributed by atoms with E-state index in [9.17, 15) is 9.18 Å². The van der Waals surface area contributed by atoms with Gasteiger partial charge in [0.2, 0.25) is 5.91 Å². The third-order valence-electron chi connectivity index (χ3n) is 5.31. The minimum atomic E-state index is -0.220. The summed E-state index contributed by atoms with van der Waals surface area (Å²) in [6.07, 6.45) is 0.792. The fraction of sp³-hybridized carbons (Fsp3) is 0.409. The molecule has 1 N–H and O–H groups in total. The van der Waals surface area contributed by atoms with Crippen molar-refractivity contribution in [3.05, 3.63) is 59.9 Å². The fourth-order valence-corrected chi connectivity index (χ4v) is 3.46. The molecule has 1 saturated heterocycles. The third-order valence-corrected chi connectivity index (χ3v) is 5.31. The maximum absolute atomic E-state index is 13.1. The summed E-state index contributed by atoms with van der Waals surface area (Å²) in [5.74, 6) is 0.673. The molecule has 0 aliphatic carbocycles. The third kappa shape index (κ3) is 5.23. The Labute approximate surface area is 166 Å². The number of halogens is 1. The zero-order chi connectivity index (χ0) is 19.9. The van der Waals surface area contributed by atoms with Gasteiger partial charge in [-0.05, 0) is 55.3 Å². The molecule has 3 rings (SSSR count). The highest BCUT2D eigenvalue weighted by Crippen LogP contribution is 2.18. The number of nitrogens with one attached hydrogen (secondary N) is 1. The Morgan fingerprint density at radius 2 is 1.71 bits per heavy atom. The predicted molar refractivity (Wildman–Crippen MR) is 109 cm³/mol. The fourth-order valence-electron chi connectivity index (χ4n) is 3.46. The van der Waals surface area contributed by atoms with Gasteiger partial charge in [-0.3, -0.25) is 9.69 Å². The van der Waals surface area contributed by atoms with E-state index < -0.39 is 0 Å². The number of carbonyl (C=O) groups excluding carboxylic acids is 1. The summed E-state index contributed by atoms with van der Waals surface area (Å²) >= 11 is 0. The second kappa shape index (κ2) is 9.55. The van der Waals surface area contributed by atoms with Gasteiger partial charge < -0.3 is 15.0 Å². The van der Waals surface area contributed by atoms with E-state index in [4.69, 9.17) is 4.74 Å². The normalized spacial score (nSPS) is 15.9. The second-order valence-corrected chi connectivity index (χ2v) is 7.06. The van der Waals surface area contributed by atoms with Crippen LogP contribution in [0, 0.1) is 5.82 Å². The van der Waals surface area contributed by atoms with E-state index in [1.54, 1.807) is 19.2 Å². The molecule has 1 fully saturated rings. The molecule has 1 aliphatic rings. The number of amides is 1. The number of benzene rings is 2. The Morgan fingerprint density at radius 3 is 2.32 bits per heavy atom. The highest BCUT2D eigenvalue weighted by atomic mass is 19.1. The number of methoxy groups -OCH3 is 1. The molecule has 1 amide bonds. The van der Waals surface area contributed by atoms with Crippen LogP contribution in [-0.4, -0.2) is 56.7 Å². The molecular weight excluding hydrogens is 357 g/mol. The number of rotatable bonds is 7. The van der Waals surface area contributed by atoms with E-state index in [-0.39, 0.29) is 17.8 Å². The van der Waals surface area contributed by atoms with Crippen molar-refractivity contribution >= 4 is 11.6 Å². The number of hydrogen-bond donors (Lipinski definition) is 1. The van der Waals surface area contributed by atoms with Crippen LogP contribution in [0.2, 0.25) is 0 Å². The van der Waals surface area contributed by atoms with Crippen LogP contribution in [0.4, 0.5) is 10.1 Å². The molecule has 0 saturated carbocycles. The lowest BCUT2D eigenvalue weighted by Crippen LogP contribution is -2.54. The number of carbonyl (C=O) groups is 1. The Morgan fingerprint density at radius 1 is 1.07 bits per heavy atom. The van der Waals surface area contributed by atoms with Gasteiger partial charge in [-0.25, -0.2) is 4.39 Å². The van der Waals surface area contributed by atoms with Gasteiger partial charge in [-0.15, -0.1) is 0 Å². The van der Waals surface area contributed by atoms with Crippen molar-refractivity contribution in [2.75, 3.05) is 44.7 Å². The van der Waals surface area contributed by atoms with E-state index >= 15 is 0 Å². The molecule has 0 aromatic heterocycles. The van der Waals surface area contributed by atoms with Crippen molar-refractivity contribution in [3.8, 4) is 5.75 Å². The van der Waals surface area contributed by atoms with Crippen LogP contribution in [0.25, 0.3) is 0 Å². The van der Waals surface area contributed by atoms with Crippen molar-refractivity contribution < 1.29 is 13.9 Å². The molecular formula is C22H28FN3O2. The number of nitrogens with zero attached hydrogens (tertiary/aromatic N) is 2. The smallest absolute Gasteiger partial charge is 0.237 e. The van der Waals surface area contributed by atoms with Crippen LogP contribution in [0.3, 0.4) is 0 Å². The molecule has 150 valence electrons. The van der Waals surface area contributed by atoms with Gasteiger partial charge in [0.15, 0.2) is 0 Å². The van der Waals surface area contributed by atoms with Crippen molar-refractivity contribution in [3.63, 3.8) is 0 Å². The lowest BCUT2D eigenvalue weighted by atomic mass is 10.1. The van der Waals surface area contributed by atoms with Crippen LogP contribution in [-0.2, 0) is 11.2 Å². The van der Waals surface area contributed by atoms with Gasteiger partial charge in [-0.2, -0.15) is 0 Å². The van der Waals surface area contributed by atoms with Gasteiger partial charge in [0.05, 0.1) is 13.2 Å². The Balaban J connectivity index is 1.41. The number of hydrogen-bond acceptors (Lipinski definition) is 4. The zero-order valence-corrected chi connectivity index (χ0v) is 16.5. The van der Waals surface area contributed by atoms with Gasteiger partial charge in [0.25, 0.3) is 0 Å². The first-order chi connectivity index (χ1) is 13.6. The summed E-state index contributed by atoms with van der Waals surface area (Å²) in [5, 5.41) is 3.04. The Hall–Kier alpha value is -2.60. The van der Waals surface area contributed by atoms with E-state index in [1.165, 1.54) is 17.7 Å². The molecule has 28 heavy (non-hydrogen) atoms. The molecule has 5 nitrogen and oxygen atoms in total. The number of anilines is 1. The summed E-state index contributed by atoms with van der Waals surface area (Å²) in [5.41, 5.74) is 2.19. The lowest BCUT2D eigenvalue weighted by molar-refractivity contribution is -0.125. The highest BCUT2D eigenvalue weighted by molar-refractivity contribution is 5.81. The monoisotopic (exact) mass is 385 g/mol. The van der Waals surface area contributed by atoms with Crippen LogP contribution in [0.1, 0.15) is 12.5 Å². The first-order valence-corrected chi connectivity index (χ1v) is 9.72. The second-order valence-electron chi connectivity index (χ2n) is 7.06. The van der Waals surface area contributed by atoms with Gasteiger partial charge in [0.1, 0.15) is 11.6 Å². The largest absolute Gasteiger partial charge is 0.497 e. The molecule has 1 heterocycles. The van der Waals surface area contributed by atoms with E-state index in [0.717, 1.165) is 44.0 Å². The van der Waals surface area contributed by atoms with E-state index in [0.29, 0.717) is 6.54 Å². The van der Waals surface area contributed by atoms with Crippen molar-refractivity contribution in [2.45, 2.75) is 19.4 Å². The van der Waals surface area contributed by atoms with E-state index in [1.807, 2.05) is 31.2 Å². The predicted octanol–water partition coefficient (Wildman–Crippen LogP) is 2.70. The van der Waals surface area contributed by atoms with Gasteiger partial charge in [0, 0.05) is 38.4 Å². The molecule has 0 radical (unpaired) electrons. The zero-order valence-electron chi connectivity index (χ0n) is 16.5. The Bertz CT molecular complexity index is 756. The van der Waals surface area contributed by atoms with Crippen molar-refractivity contribution in [2.24, 2.45) is 0 Å². The van der Waals surface area contributed by atoms with Crippen LogP contribution in [0.15, 0.2) is 48.5 Å². The minimum absolute atomic E-state index is 0.0590. The average Bonchev–Trinajstić information content (AvgIpc) is 2.74. The van der Waals surface area contributed by atoms with Gasteiger partial charge in [-0.1, -0.05) is 12.1 Å². The summed E-state index contributed by atoms with van der Waals surface area (Å²) < 4.78 is 18.2. The minimum Gasteiger partial charge on any atom is -0.497 e. The number of ether oxygens (including phenoxy) is 1. The SMILES string of the molecule is COc1ccc(CCNC(=O)C(C)N2CCN(c3ccc(F)cc3)CC2)cc1. The molecule has 0 spiro atoms. The number of piperazine rings is 1. The molecule has 1 atom stereocenters. The summed E-state index contributed by atoms with van der Waals surface area (Å²) in [6, 6.07) is 14.3. The van der Waals surface area contributed by atoms with E-state index in [2.05, 4.69) is 15.1 Å². The van der Waals surface area contributed by atoms with Crippen molar-refractivity contribution in [1.82, 2.24) is 10.2 Å². The maximum atomic E-state index is 13.1. The molecule has 1 aliphatic heterocycles. The molecule has 0 bridgehead atoms. The van der Waals surface area contributed by atoms with Gasteiger partial charge >= 0.3 is 0 Å². The average molecular weight is 385 g/mol. The van der Waals surface area contributed by atoms with Crippen molar-refractivity contribution in [1.29, 1.82) is 0 Å². The van der Waals surface area contributed by atoms with Crippen LogP contribution < -0.4 is 15.0 Å². The molecule has 2 aromatic carbocycles. The Kier molecular flexibility index (Phi) is 6.87. The van der Waals surface area contributed by atoms with Crippen LogP contribution in [0.5, 0.6) is 5.75 Å². The molecule has 1 unspecified atom stereocenters. The summed E-state index contributed by atoms with van der Waals surface area (Å²) in [4.78, 5) is 16.9. The molecule has 6 heteroatoms. The lowest BCUT2D eigenvalue weighted by Gasteiger charge is -2.38. The summed E-state index contributed by atoms with van der Waals surface area (Å²) in [6.45, 7) is 5.85. The summed E-state index contributed by atoms with van der Waals surface area (Å²) in [7, 11) is 1.65. The maximum Gasteiger partial charge on any atom is 0.237 e. The standard InChI is InChI=1S/C22H28FN3O2/c1-17(22(27)24-12-11-18-3-9-21(28-2)10-4-18)25-13-15-26(16-14-25)20-7-5-19(23)6-8-20/h3-10,17H,11-16H2,1-2H3,(H,24,27). The highest BCUT2D eigenvalue weighted by Gasteiger charge is 2.25. The first kappa shape index (κ1) is 20.1. The first-order valence-electron chi connectivity index (χ1n) is 9.72.